The van der Waals surface area contributed by atoms with Crippen LogP contribution in [0.2, 0.25) is 0 Å². The molecule has 2 aromatic rings. The molecule has 0 aliphatic rings. The molecule has 1 aromatic heterocycles. The number of anilines is 1. The van der Waals surface area contributed by atoms with Gasteiger partial charge < -0.3 is 14.8 Å². The van der Waals surface area contributed by atoms with E-state index in [0.717, 1.165) is 33.5 Å². The van der Waals surface area contributed by atoms with Crippen LogP contribution in [-0.2, 0) is 0 Å². The minimum Gasteiger partial charge on any atom is -0.496 e. The van der Waals surface area contributed by atoms with Crippen molar-refractivity contribution in [2.75, 3.05) is 26.6 Å². The van der Waals surface area contributed by atoms with Gasteiger partial charge in [-0.2, -0.15) is 0 Å². The van der Waals surface area contributed by atoms with E-state index in [0.29, 0.717) is 0 Å². The van der Waals surface area contributed by atoms with Gasteiger partial charge in [-0.25, -0.2) is 4.98 Å². The first-order valence-corrected chi connectivity index (χ1v) is 6.43. The summed E-state index contributed by atoms with van der Waals surface area (Å²) >= 11 is 1.57. The highest BCUT2D eigenvalue weighted by atomic mass is 32.1. The monoisotopic (exact) mass is 264 g/mol. The van der Waals surface area contributed by atoms with Crippen molar-refractivity contribution < 1.29 is 9.47 Å². The standard InChI is InChI=1S/C13H16N2O2S/c1-8-5-11(17-4)9(6-10(8)16-3)13-15-12(14-2)7-18-13/h5-7,14H,1-4H3. The van der Waals surface area contributed by atoms with Gasteiger partial charge in [-0.15, -0.1) is 11.3 Å². The molecule has 0 fully saturated rings. The molecule has 0 amide bonds. The van der Waals surface area contributed by atoms with Gasteiger partial charge in [0.1, 0.15) is 22.3 Å². The van der Waals surface area contributed by atoms with Crippen LogP contribution < -0.4 is 14.8 Å². The zero-order valence-corrected chi connectivity index (χ0v) is 11.7. The number of nitrogens with zero attached hydrogens (tertiary/aromatic N) is 1. The number of aryl methyl sites for hydroxylation is 1. The SMILES string of the molecule is CNc1csc(-c2cc(OC)c(C)cc2OC)n1. The Hall–Kier alpha value is -1.75. The lowest BCUT2D eigenvalue weighted by atomic mass is 10.1. The normalized spacial score (nSPS) is 10.2. The molecule has 0 unspecified atom stereocenters. The van der Waals surface area contributed by atoms with Gasteiger partial charge in [-0.3, -0.25) is 0 Å². The smallest absolute Gasteiger partial charge is 0.137 e. The zero-order valence-electron chi connectivity index (χ0n) is 10.9. The lowest BCUT2D eigenvalue weighted by Gasteiger charge is -2.11. The second kappa shape index (κ2) is 5.27. The van der Waals surface area contributed by atoms with E-state index in [1.165, 1.54) is 0 Å². The Balaban J connectivity index is 2.54. The van der Waals surface area contributed by atoms with Crippen LogP contribution in [0, 0.1) is 6.92 Å². The molecule has 1 heterocycles. The highest BCUT2D eigenvalue weighted by molar-refractivity contribution is 7.13. The average Bonchev–Trinajstić information content (AvgIpc) is 2.87. The van der Waals surface area contributed by atoms with E-state index < -0.39 is 0 Å². The van der Waals surface area contributed by atoms with Crippen molar-refractivity contribution in [2.45, 2.75) is 6.92 Å². The molecule has 1 N–H and O–H groups in total. The van der Waals surface area contributed by atoms with Crippen LogP contribution in [0.5, 0.6) is 11.5 Å². The Morgan fingerprint density at radius 3 is 2.44 bits per heavy atom. The van der Waals surface area contributed by atoms with Crippen molar-refractivity contribution in [2.24, 2.45) is 0 Å². The van der Waals surface area contributed by atoms with E-state index in [1.54, 1.807) is 25.6 Å². The molecule has 0 aliphatic carbocycles. The van der Waals surface area contributed by atoms with E-state index in [9.17, 15) is 0 Å². The summed E-state index contributed by atoms with van der Waals surface area (Å²) in [5.41, 5.74) is 2.00. The molecule has 4 nitrogen and oxygen atoms in total. The summed E-state index contributed by atoms with van der Waals surface area (Å²) in [6.45, 7) is 1.99. The van der Waals surface area contributed by atoms with Crippen molar-refractivity contribution in [1.82, 2.24) is 4.98 Å². The highest BCUT2D eigenvalue weighted by Crippen LogP contribution is 2.37. The van der Waals surface area contributed by atoms with Crippen LogP contribution in [0.15, 0.2) is 17.5 Å². The van der Waals surface area contributed by atoms with Gasteiger partial charge in [-0.05, 0) is 24.6 Å². The Morgan fingerprint density at radius 2 is 1.89 bits per heavy atom. The first kappa shape index (κ1) is 12.7. The first-order chi connectivity index (χ1) is 8.69. The molecule has 0 spiro atoms. The van der Waals surface area contributed by atoms with Crippen molar-refractivity contribution in [1.29, 1.82) is 0 Å². The number of benzene rings is 1. The summed E-state index contributed by atoms with van der Waals surface area (Å²) in [7, 11) is 5.18. The second-order valence-electron chi connectivity index (χ2n) is 3.81. The molecule has 2 rings (SSSR count). The maximum absolute atomic E-state index is 5.41. The molecule has 0 aliphatic heterocycles. The Morgan fingerprint density at radius 1 is 1.17 bits per heavy atom. The van der Waals surface area contributed by atoms with Crippen LogP contribution in [0.1, 0.15) is 5.56 Å². The third-order valence-electron chi connectivity index (χ3n) is 2.71. The van der Waals surface area contributed by atoms with Crippen LogP contribution in [-0.4, -0.2) is 26.3 Å². The third-order valence-corrected chi connectivity index (χ3v) is 3.58. The summed E-state index contributed by atoms with van der Waals surface area (Å²) < 4.78 is 10.8. The zero-order chi connectivity index (χ0) is 13.1. The predicted molar refractivity (Wildman–Crippen MR) is 74.9 cm³/mol. The summed E-state index contributed by atoms with van der Waals surface area (Å²) in [5, 5.41) is 5.91. The Labute approximate surface area is 111 Å². The van der Waals surface area contributed by atoms with E-state index in [1.807, 2.05) is 31.5 Å². The number of methoxy groups -OCH3 is 2. The summed E-state index contributed by atoms with van der Waals surface area (Å²) in [4.78, 5) is 4.48. The second-order valence-corrected chi connectivity index (χ2v) is 4.67. The van der Waals surface area contributed by atoms with Crippen molar-refractivity contribution in [3.8, 4) is 22.1 Å². The molecule has 0 radical (unpaired) electrons. The number of aromatic nitrogens is 1. The van der Waals surface area contributed by atoms with E-state index in [4.69, 9.17) is 9.47 Å². The minimum atomic E-state index is 0.810. The number of hydrogen-bond donors (Lipinski definition) is 1. The van der Waals surface area contributed by atoms with E-state index in [2.05, 4.69) is 10.3 Å². The molecule has 5 heteroatoms. The molecule has 1 aromatic carbocycles. The molecule has 0 saturated carbocycles. The first-order valence-electron chi connectivity index (χ1n) is 5.56. The average molecular weight is 264 g/mol. The molecule has 0 bridgehead atoms. The minimum absolute atomic E-state index is 0.810. The molecule has 0 saturated heterocycles. The van der Waals surface area contributed by atoms with Gasteiger partial charge in [0, 0.05) is 12.4 Å². The van der Waals surface area contributed by atoms with Crippen molar-refractivity contribution in [3.63, 3.8) is 0 Å². The largest absolute Gasteiger partial charge is 0.496 e. The van der Waals surface area contributed by atoms with E-state index >= 15 is 0 Å². The molecular weight excluding hydrogens is 248 g/mol. The number of hydrogen-bond acceptors (Lipinski definition) is 5. The highest BCUT2D eigenvalue weighted by Gasteiger charge is 2.13. The number of rotatable bonds is 4. The van der Waals surface area contributed by atoms with Gasteiger partial charge in [0.2, 0.25) is 0 Å². The lowest BCUT2D eigenvalue weighted by Crippen LogP contribution is -1.93. The van der Waals surface area contributed by atoms with E-state index in [-0.39, 0.29) is 0 Å². The number of nitrogens with one attached hydrogen (secondary N) is 1. The van der Waals surface area contributed by atoms with Crippen molar-refractivity contribution in [3.05, 3.63) is 23.1 Å². The predicted octanol–water partition coefficient (Wildman–Crippen LogP) is 3.18. The van der Waals surface area contributed by atoms with Crippen LogP contribution in [0.25, 0.3) is 10.6 Å². The van der Waals surface area contributed by atoms with Gasteiger partial charge in [0.05, 0.1) is 19.8 Å². The van der Waals surface area contributed by atoms with Gasteiger partial charge in [-0.1, -0.05) is 0 Å². The number of ether oxygens (including phenoxy) is 2. The fourth-order valence-corrected chi connectivity index (χ4v) is 2.56. The molecule has 0 atom stereocenters. The van der Waals surface area contributed by atoms with Gasteiger partial charge >= 0.3 is 0 Å². The quantitative estimate of drug-likeness (QED) is 0.921. The van der Waals surface area contributed by atoms with Crippen molar-refractivity contribution >= 4 is 17.2 Å². The fourth-order valence-electron chi connectivity index (χ4n) is 1.73. The molecule has 18 heavy (non-hydrogen) atoms. The topological polar surface area (TPSA) is 43.4 Å². The van der Waals surface area contributed by atoms with Crippen LogP contribution in [0.3, 0.4) is 0 Å². The van der Waals surface area contributed by atoms with Gasteiger partial charge in [0.15, 0.2) is 0 Å². The number of thiazole rings is 1. The summed E-state index contributed by atoms with van der Waals surface area (Å²) in [6.07, 6.45) is 0. The Bertz CT molecular complexity index is 552. The van der Waals surface area contributed by atoms with Crippen LogP contribution in [0.4, 0.5) is 5.82 Å². The third kappa shape index (κ3) is 2.26. The summed E-state index contributed by atoms with van der Waals surface area (Å²) in [5.74, 6) is 2.51. The van der Waals surface area contributed by atoms with Gasteiger partial charge in [0.25, 0.3) is 0 Å². The Kier molecular flexibility index (Phi) is 3.72. The molecular formula is C13H16N2O2S. The maximum Gasteiger partial charge on any atom is 0.137 e. The molecule has 96 valence electrons. The fraction of sp³-hybridized carbons (Fsp3) is 0.308. The lowest BCUT2D eigenvalue weighted by molar-refractivity contribution is 0.402. The summed E-state index contributed by atoms with van der Waals surface area (Å²) in [6, 6.07) is 3.93. The maximum atomic E-state index is 5.41. The van der Waals surface area contributed by atoms with Crippen LogP contribution >= 0.6 is 11.3 Å².